The molecule has 0 bridgehead atoms. The number of amides is 2. The summed E-state index contributed by atoms with van der Waals surface area (Å²) in [6.07, 6.45) is 6.37. The second-order valence-electron chi connectivity index (χ2n) is 9.51. The summed E-state index contributed by atoms with van der Waals surface area (Å²) in [5, 5.41) is 5.85. The fraction of sp³-hybridized carbons (Fsp3) is 0.481. The molecule has 2 aromatic carbocycles. The minimum atomic E-state index is -0.534. The molecular formula is C27H36N4O2. The van der Waals surface area contributed by atoms with Crippen LogP contribution < -0.4 is 15.5 Å². The highest BCUT2D eigenvalue weighted by molar-refractivity contribution is 6.35. The van der Waals surface area contributed by atoms with Crippen LogP contribution in [0.2, 0.25) is 0 Å². The van der Waals surface area contributed by atoms with Gasteiger partial charge in [0.05, 0.1) is 6.04 Å². The van der Waals surface area contributed by atoms with E-state index in [1.807, 2.05) is 14.1 Å². The number of carbonyl (C=O) groups excluding carboxylic acids is 2. The molecule has 2 N–H and O–H groups in total. The van der Waals surface area contributed by atoms with Gasteiger partial charge < -0.3 is 15.5 Å². The summed E-state index contributed by atoms with van der Waals surface area (Å²) >= 11 is 0. The quantitative estimate of drug-likeness (QED) is 0.665. The van der Waals surface area contributed by atoms with Gasteiger partial charge in [0.15, 0.2) is 0 Å². The molecule has 0 aromatic heterocycles. The third-order valence-corrected chi connectivity index (χ3v) is 7.00. The fourth-order valence-electron chi connectivity index (χ4n) is 5.00. The van der Waals surface area contributed by atoms with E-state index in [0.29, 0.717) is 6.54 Å². The zero-order valence-electron chi connectivity index (χ0n) is 19.8. The van der Waals surface area contributed by atoms with Gasteiger partial charge in [0.2, 0.25) is 0 Å². The van der Waals surface area contributed by atoms with Gasteiger partial charge in [-0.2, -0.15) is 0 Å². The minimum Gasteiger partial charge on any atom is -0.378 e. The van der Waals surface area contributed by atoms with E-state index < -0.39 is 11.8 Å². The predicted octanol–water partition coefficient (Wildman–Crippen LogP) is 3.42. The van der Waals surface area contributed by atoms with Crippen LogP contribution in [0.1, 0.15) is 54.8 Å². The summed E-state index contributed by atoms with van der Waals surface area (Å²) in [5.74, 6) is -1.04. The summed E-state index contributed by atoms with van der Waals surface area (Å²) in [6, 6.07) is 17.2. The number of nitrogens with zero attached hydrogens (tertiary/aromatic N) is 2. The van der Waals surface area contributed by atoms with Crippen LogP contribution >= 0.6 is 0 Å². The van der Waals surface area contributed by atoms with Crippen molar-refractivity contribution in [2.75, 3.05) is 32.1 Å². The number of anilines is 1. The Labute approximate surface area is 197 Å². The largest absolute Gasteiger partial charge is 0.378 e. The van der Waals surface area contributed by atoms with Crippen molar-refractivity contribution in [2.24, 2.45) is 0 Å². The maximum Gasteiger partial charge on any atom is 0.309 e. The lowest BCUT2D eigenvalue weighted by molar-refractivity contribution is -0.139. The normalized spacial score (nSPS) is 17.6. The molecule has 4 rings (SSSR count). The topological polar surface area (TPSA) is 64.7 Å². The Bertz CT molecular complexity index is 951. The van der Waals surface area contributed by atoms with Gasteiger partial charge in [-0.3, -0.25) is 14.5 Å². The first-order valence-electron chi connectivity index (χ1n) is 12.2. The Hall–Kier alpha value is -2.86. The van der Waals surface area contributed by atoms with Crippen LogP contribution in [0, 0.1) is 0 Å². The molecular weight excluding hydrogens is 412 g/mol. The van der Waals surface area contributed by atoms with Crippen molar-refractivity contribution >= 4 is 17.5 Å². The highest BCUT2D eigenvalue weighted by Crippen LogP contribution is 2.28. The third kappa shape index (κ3) is 5.93. The number of fused-ring (bicyclic) bond motifs is 1. The molecule has 0 spiro atoms. The molecule has 0 saturated heterocycles. The molecule has 1 aliphatic heterocycles. The lowest BCUT2D eigenvalue weighted by Crippen LogP contribution is -2.47. The van der Waals surface area contributed by atoms with Crippen molar-refractivity contribution in [1.82, 2.24) is 15.5 Å². The average molecular weight is 449 g/mol. The fourth-order valence-corrected chi connectivity index (χ4v) is 5.00. The molecule has 2 amide bonds. The van der Waals surface area contributed by atoms with E-state index in [-0.39, 0.29) is 12.1 Å². The van der Waals surface area contributed by atoms with E-state index in [0.717, 1.165) is 56.4 Å². The van der Waals surface area contributed by atoms with Gasteiger partial charge in [-0.1, -0.05) is 55.7 Å². The molecule has 6 nitrogen and oxygen atoms in total. The van der Waals surface area contributed by atoms with Crippen LogP contribution in [0.3, 0.4) is 0 Å². The molecule has 176 valence electrons. The summed E-state index contributed by atoms with van der Waals surface area (Å²) in [7, 11) is 4.05. The molecule has 1 fully saturated rings. The number of carbonyl (C=O) groups is 2. The zero-order valence-corrected chi connectivity index (χ0v) is 19.8. The van der Waals surface area contributed by atoms with Gasteiger partial charge >= 0.3 is 11.8 Å². The molecule has 1 atom stereocenters. The highest BCUT2D eigenvalue weighted by atomic mass is 16.2. The Morgan fingerprint density at radius 1 is 0.970 bits per heavy atom. The molecule has 0 unspecified atom stereocenters. The monoisotopic (exact) mass is 448 g/mol. The van der Waals surface area contributed by atoms with Crippen LogP contribution in [0.5, 0.6) is 0 Å². The molecule has 0 radical (unpaired) electrons. The average Bonchev–Trinajstić information content (AvgIpc) is 2.85. The maximum atomic E-state index is 12.6. The number of nitrogens with one attached hydrogen (secondary N) is 2. The Kier molecular flexibility index (Phi) is 7.65. The third-order valence-electron chi connectivity index (χ3n) is 7.00. The Morgan fingerprint density at radius 2 is 1.67 bits per heavy atom. The van der Waals surface area contributed by atoms with Crippen molar-refractivity contribution in [3.8, 4) is 0 Å². The van der Waals surface area contributed by atoms with E-state index in [4.69, 9.17) is 0 Å². The van der Waals surface area contributed by atoms with Crippen molar-refractivity contribution in [1.29, 1.82) is 0 Å². The van der Waals surface area contributed by atoms with Gasteiger partial charge in [0.1, 0.15) is 0 Å². The smallest absolute Gasteiger partial charge is 0.309 e. The first-order valence-corrected chi connectivity index (χ1v) is 12.2. The number of hydrogen-bond donors (Lipinski definition) is 2. The zero-order chi connectivity index (χ0) is 23.2. The van der Waals surface area contributed by atoms with E-state index in [1.54, 1.807) is 0 Å². The summed E-state index contributed by atoms with van der Waals surface area (Å²) < 4.78 is 0. The van der Waals surface area contributed by atoms with Crippen LogP contribution in [0.4, 0.5) is 5.69 Å². The Balaban J connectivity index is 1.45. The van der Waals surface area contributed by atoms with Gasteiger partial charge in [0, 0.05) is 45.5 Å². The number of rotatable bonds is 6. The SMILES string of the molecule is CN(C)c1ccc([C@H](CNC(=O)C(=O)NC2CCCCC2)N2CCc3ccccc3C2)cc1. The van der Waals surface area contributed by atoms with Gasteiger partial charge in [-0.15, -0.1) is 0 Å². The molecule has 6 heteroatoms. The molecule has 1 heterocycles. The van der Waals surface area contributed by atoms with E-state index >= 15 is 0 Å². The molecule has 2 aliphatic rings. The Morgan fingerprint density at radius 3 is 2.36 bits per heavy atom. The van der Waals surface area contributed by atoms with Crippen molar-refractivity contribution in [2.45, 2.75) is 57.2 Å². The lowest BCUT2D eigenvalue weighted by Gasteiger charge is -2.36. The van der Waals surface area contributed by atoms with E-state index in [9.17, 15) is 9.59 Å². The molecule has 1 saturated carbocycles. The van der Waals surface area contributed by atoms with Gasteiger partial charge in [-0.05, 0) is 48.1 Å². The minimum absolute atomic E-state index is 0.000925. The second kappa shape index (κ2) is 10.8. The second-order valence-corrected chi connectivity index (χ2v) is 9.51. The van der Waals surface area contributed by atoms with Crippen molar-refractivity contribution in [3.05, 3.63) is 65.2 Å². The van der Waals surface area contributed by atoms with E-state index in [1.165, 1.54) is 17.5 Å². The standard InChI is InChI=1S/C27H36N4O2/c1-30(2)24-14-12-21(13-15-24)25(31-17-16-20-8-6-7-9-22(20)19-31)18-28-26(32)27(33)29-23-10-4-3-5-11-23/h6-9,12-15,23,25H,3-5,10-11,16-19H2,1-2H3,(H,28,32)(H,29,33)/t25-/m0/s1. The first-order chi connectivity index (χ1) is 16.0. The van der Waals surface area contributed by atoms with Gasteiger partial charge in [0.25, 0.3) is 0 Å². The number of hydrogen-bond acceptors (Lipinski definition) is 4. The van der Waals surface area contributed by atoms with Crippen LogP contribution in [-0.2, 0) is 22.6 Å². The lowest BCUT2D eigenvalue weighted by atomic mass is 9.95. The molecule has 33 heavy (non-hydrogen) atoms. The molecule has 1 aliphatic carbocycles. The van der Waals surface area contributed by atoms with Crippen LogP contribution in [0.25, 0.3) is 0 Å². The van der Waals surface area contributed by atoms with Crippen molar-refractivity contribution in [3.63, 3.8) is 0 Å². The number of benzene rings is 2. The van der Waals surface area contributed by atoms with E-state index in [2.05, 4.69) is 69.0 Å². The van der Waals surface area contributed by atoms with Crippen LogP contribution in [-0.4, -0.2) is 49.9 Å². The van der Waals surface area contributed by atoms with Gasteiger partial charge in [-0.25, -0.2) is 0 Å². The summed E-state index contributed by atoms with van der Waals surface area (Å²) in [5.41, 5.74) is 5.01. The maximum absolute atomic E-state index is 12.6. The first kappa shape index (κ1) is 23.3. The summed E-state index contributed by atoms with van der Waals surface area (Å²) in [4.78, 5) is 29.6. The highest BCUT2D eigenvalue weighted by Gasteiger charge is 2.27. The molecule has 2 aromatic rings. The summed E-state index contributed by atoms with van der Waals surface area (Å²) in [6.45, 7) is 2.15. The predicted molar refractivity (Wildman–Crippen MR) is 132 cm³/mol. The van der Waals surface area contributed by atoms with Crippen LogP contribution in [0.15, 0.2) is 48.5 Å². The van der Waals surface area contributed by atoms with Crippen molar-refractivity contribution < 1.29 is 9.59 Å².